The highest BCUT2D eigenvalue weighted by molar-refractivity contribution is 7.80. The predicted molar refractivity (Wildman–Crippen MR) is 138 cm³/mol. The molecule has 1 N–H and O–H groups in total. The van der Waals surface area contributed by atoms with Crippen LogP contribution in [0.2, 0.25) is 5.02 Å². The molecule has 1 aliphatic heterocycles. The quantitative estimate of drug-likeness (QED) is 0.200. The van der Waals surface area contributed by atoms with Crippen LogP contribution in [0.4, 0.5) is 5.69 Å². The van der Waals surface area contributed by atoms with E-state index in [0.29, 0.717) is 39.3 Å². The van der Waals surface area contributed by atoms with Gasteiger partial charge in [0.25, 0.3) is 11.8 Å². The van der Waals surface area contributed by atoms with Crippen LogP contribution >= 0.6 is 23.8 Å². The van der Waals surface area contributed by atoms with E-state index in [9.17, 15) is 9.59 Å². The van der Waals surface area contributed by atoms with Gasteiger partial charge in [0.15, 0.2) is 5.11 Å². The molecule has 8 heteroatoms. The summed E-state index contributed by atoms with van der Waals surface area (Å²) in [5, 5.41) is 3.09. The Morgan fingerprint density at radius 2 is 1.54 bits per heavy atom. The SMILES string of the molecule is O=C1NC(=S)N(c2ccc(Oc3ccccc3)cc2)C(=O)/C1=C/c1ccc(-c2ccccc2Cl)o1. The van der Waals surface area contributed by atoms with Crippen LogP contribution in [0.3, 0.4) is 0 Å². The molecule has 0 radical (unpaired) electrons. The van der Waals surface area contributed by atoms with Crippen LogP contribution in [0.15, 0.2) is 101 Å². The zero-order chi connectivity index (χ0) is 24.4. The van der Waals surface area contributed by atoms with Crippen molar-refractivity contribution in [3.63, 3.8) is 0 Å². The van der Waals surface area contributed by atoms with Crippen molar-refractivity contribution in [1.29, 1.82) is 0 Å². The van der Waals surface area contributed by atoms with Gasteiger partial charge in [-0.3, -0.25) is 19.8 Å². The maximum Gasteiger partial charge on any atom is 0.270 e. The Hall–Kier alpha value is -4.20. The molecule has 1 aliphatic rings. The minimum absolute atomic E-state index is 0.00919. The van der Waals surface area contributed by atoms with Crippen LogP contribution in [0.1, 0.15) is 5.76 Å². The summed E-state index contributed by atoms with van der Waals surface area (Å²) in [7, 11) is 0. The molecule has 2 amide bonds. The van der Waals surface area contributed by atoms with E-state index in [0.717, 1.165) is 0 Å². The lowest BCUT2D eigenvalue weighted by molar-refractivity contribution is -0.122. The summed E-state index contributed by atoms with van der Waals surface area (Å²) in [5.41, 5.74) is 1.09. The number of hydrogen-bond donors (Lipinski definition) is 1. The van der Waals surface area contributed by atoms with Crippen molar-refractivity contribution in [1.82, 2.24) is 5.32 Å². The van der Waals surface area contributed by atoms with E-state index in [4.69, 9.17) is 33.0 Å². The van der Waals surface area contributed by atoms with Crippen molar-refractivity contribution in [2.75, 3.05) is 4.90 Å². The number of benzene rings is 3. The van der Waals surface area contributed by atoms with Crippen molar-refractivity contribution in [2.45, 2.75) is 0 Å². The molecular formula is C27H17ClN2O4S. The molecule has 0 spiro atoms. The zero-order valence-corrected chi connectivity index (χ0v) is 19.7. The molecule has 1 aromatic heterocycles. The van der Waals surface area contributed by atoms with Gasteiger partial charge in [0.2, 0.25) is 0 Å². The van der Waals surface area contributed by atoms with Crippen LogP contribution in [-0.4, -0.2) is 16.9 Å². The Kier molecular flexibility index (Phi) is 6.18. The lowest BCUT2D eigenvalue weighted by atomic mass is 10.1. The highest BCUT2D eigenvalue weighted by Gasteiger charge is 2.34. The first-order chi connectivity index (χ1) is 17.0. The fraction of sp³-hybridized carbons (Fsp3) is 0. The summed E-state index contributed by atoms with van der Waals surface area (Å²) in [5.74, 6) is 0.974. The molecule has 5 rings (SSSR count). The van der Waals surface area contributed by atoms with E-state index in [2.05, 4.69) is 5.32 Å². The molecule has 35 heavy (non-hydrogen) atoms. The zero-order valence-electron chi connectivity index (χ0n) is 18.1. The Bertz CT molecular complexity index is 1460. The summed E-state index contributed by atoms with van der Waals surface area (Å²) in [6, 6.07) is 26.8. The third-order valence-electron chi connectivity index (χ3n) is 5.23. The second kappa shape index (κ2) is 9.58. The maximum absolute atomic E-state index is 13.3. The second-order valence-corrected chi connectivity index (χ2v) is 8.34. The molecule has 0 saturated carbocycles. The molecule has 0 bridgehead atoms. The molecule has 2 heterocycles. The van der Waals surface area contributed by atoms with Gasteiger partial charge in [0.1, 0.15) is 28.6 Å². The van der Waals surface area contributed by atoms with E-state index in [1.54, 1.807) is 42.5 Å². The third kappa shape index (κ3) is 4.73. The normalized spacial score (nSPS) is 14.8. The summed E-state index contributed by atoms with van der Waals surface area (Å²) in [6.45, 7) is 0. The topological polar surface area (TPSA) is 71.8 Å². The van der Waals surface area contributed by atoms with Gasteiger partial charge in [-0.05, 0) is 79.0 Å². The number of rotatable bonds is 5. The highest BCUT2D eigenvalue weighted by Crippen LogP contribution is 2.31. The number of carbonyl (C=O) groups is 2. The molecule has 172 valence electrons. The largest absolute Gasteiger partial charge is 0.457 e. The van der Waals surface area contributed by atoms with Crippen LogP contribution in [-0.2, 0) is 9.59 Å². The van der Waals surface area contributed by atoms with Crippen molar-refractivity contribution >= 4 is 52.5 Å². The van der Waals surface area contributed by atoms with Gasteiger partial charge in [-0.2, -0.15) is 0 Å². The van der Waals surface area contributed by atoms with Crippen LogP contribution in [0, 0.1) is 0 Å². The first kappa shape index (κ1) is 22.6. The highest BCUT2D eigenvalue weighted by atomic mass is 35.5. The first-order valence-electron chi connectivity index (χ1n) is 10.6. The molecule has 4 aromatic rings. The molecule has 1 saturated heterocycles. The molecule has 0 unspecified atom stereocenters. The summed E-state index contributed by atoms with van der Waals surface area (Å²) in [6.07, 6.45) is 1.39. The minimum atomic E-state index is -0.601. The van der Waals surface area contributed by atoms with Gasteiger partial charge in [0.05, 0.1) is 10.7 Å². The van der Waals surface area contributed by atoms with Crippen LogP contribution in [0.25, 0.3) is 17.4 Å². The van der Waals surface area contributed by atoms with E-state index >= 15 is 0 Å². The fourth-order valence-electron chi connectivity index (χ4n) is 3.56. The maximum atomic E-state index is 13.3. The average Bonchev–Trinajstić information content (AvgIpc) is 3.32. The van der Waals surface area contributed by atoms with E-state index < -0.39 is 11.8 Å². The van der Waals surface area contributed by atoms with Gasteiger partial charge in [-0.15, -0.1) is 0 Å². The fourth-order valence-corrected chi connectivity index (χ4v) is 4.07. The summed E-state index contributed by atoms with van der Waals surface area (Å²) < 4.78 is 11.6. The number of halogens is 1. The Morgan fingerprint density at radius 1 is 0.857 bits per heavy atom. The summed E-state index contributed by atoms with van der Waals surface area (Å²) in [4.78, 5) is 27.1. The Morgan fingerprint density at radius 3 is 2.29 bits per heavy atom. The van der Waals surface area contributed by atoms with Gasteiger partial charge < -0.3 is 9.15 Å². The number of hydrogen-bond acceptors (Lipinski definition) is 5. The number of carbonyl (C=O) groups excluding carboxylic acids is 2. The molecule has 0 atom stereocenters. The third-order valence-corrected chi connectivity index (χ3v) is 5.84. The standard InChI is InChI=1S/C27H17ClN2O4S/c28-23-9-5-4-8-21(23)24-15-14-20(34-24)16-22-25(31)29-27(35)30(26(22)32)17-10-12-19(13-11-17)33-18-6-2-1-3-7-18/h1-16H,(H,29,31,35)/b22-16+. The van der Waals surface area contributed by atoms with Gasteiger partial charge >= 0.3 is 0 Å². The predicted octanol–water partition coefficient (Wildman–Crippen LogP) is 6.22. The smallest absolute Gasteiger partial charge is 0.270 e. The lowest BCUT2D eigenvalue weighted by Crippen LogP contribution is -2.54. The van der Waals surface area contributed by atoms with E-state index in [-0.39, 0.29) is 10.7 Å². The van der Waals surface area contributed by atoms with Crippen molar-refractivity contribution in [3.8, 4) is 22.8 Å². The van der Waals surface area contributed by atoms with Gasteiger partial charge in [-0.1, -0.05) is 41.9 Å². The molecule has 6 nitrogen and oxygen atoms in total. The molecule has 3 aromatic carbocycles. The van der Waals surface area contributed by atoms with Gasteiger partial charge in [0, 0.05) is 5.56 Å². The number of ether oxygens (including phenoxy) is 1. The first-order valence-corrected chi connectivity index (χ1v) is 11.4. The van der Waals surface area contributed by atoms with Gasteiger partial charge in [-0.25, -0.2) is 0 Å². The Balaban J connectivity index is 1.40. The molecular weight excluding hydrogens is 484 g/mol. The number of amides is 2. The van der Waals surface area contributed by atoms with Crippen molar-refractivity contribution < 1.29 is 18.7 Å². The number of thiocarbonyl (C=S) groups is 1. The van der Waals surface area contributed by atoms with Crippen molar-refractivity contribution in [3.05, 3.63) is 107 Å². The van der Waals surface area contributed by atoms with Crippen LogP contribution in [0.5, 0.6) is 11.5 Å². The Labute approximate surface area is 211 Å². The summed E-state index contributed by atoms with van der Waals surface area (Å²) >= 11 is 11.5. The minimum Gasteiger partial charge on any atom is -0.457 e. The van der Waals surface area contributed by atoms with Crippen LogP contribution < -0.4 is 15.0 Å². The van der Waals surface area contributed by atoms with E-state index in [1.165, 1.54) is 11.0 Å². The molecule has 1 fully saturated rings. The number of para-hydroxylation sites is 1. The van der Waals surface area contributed by atoms with Crippen molar-refractivity contribution in [2.24, 2.45) is 0 Å². The van der Waals surface area contributed by atoms with E-state index in [1.807, 2.05) is 48.5 Å². The molecule has 0 aliphatic carbocycles. The number of nitrogens with one attached hydrogen (secondary N) is 1. The monoisotopic (exact) mass is 500 g/mol. The number of anilines is 1. The number of nitrogens with zero attached hydrogens (tertiary/aromatic N) is 1. The lowest BCUT2D eigenvalue weighted by Gasteiger charge is -2.28. The average molecular weight is 501 g/mol. The second-order valence-electron chi connectivity index (χ2n) is 7.55. The number of furan rings is 1.